The third-order valence-electron chi connectivity index (χ3n) is 2.38. The lowest BCUT2D eigenvalue weighted by atomic mass is 10.2. The van der Waals surface area contributed by atoms with Crippen LogP contribution in [0.25, 0.3) is 0 Å². The molecule has 0 bridgehead atoms. The standard InChI is InChI=1S/C13H10F3NS/c14-10-5-4-9(6-12(10)16)18-13-8(7-17)2-1-3-11(13)15/h1-6H,7,17H2. The highest BCUT2D eigenvalue weighted by Gasteiger charge is 2.10. The van der Waals surface area contributed by atoms with Crippen LogP contribution in [0.5, 0.6) is 0 Å². The van der Waals surface area contributed by atoms with Crippen molar-refractivity contribution in [3.05, 3.63) is 59.4 Å². The van der Waals surface area contributed by atoms with Gasteiger partial charge in [-0.2, -0.15) is 0 Å². The Kier molecular flexibility index (Phi) is 3.93. The van der Waals surface area contributed by atoms with E-state index in [2.05, 4.69) is 0 Å². The molecule has 2 aromatic rings. The van der Waals surface area contributed by atoms with Gasteiger partial charge in [-0.15, -0.1) is 0 Å². The summed E-state index contributed by atoms with van der Waals surface area (Å²) in [5.74, 6) is -2.30. The van der Waals surface area contributed by atoms with E-state index < -0.39 is 17.5 Å². The van der Waals surface area contributed by atoms with Gasteiger partial charge in [-0.05, 0) is 29.8 Å². The molecular formula is C13H10F3NS. The van der Waals surface area contributed by atoms with Crippen LogP contribution in [0.3, 0.4) is 0 Å². The molecule has 2 aromatic carbocycles. The molecule has 94 valence electrons. The summed E-state index contributed by atoms with van der Waals surface area (Å²) < 4.78 is 39.5. The predicted molar refractivity (Wildman–Crippen MR) is 64.8 cm³/mol. The van der Waals surface area contributed by atoms with Crippen molar-refractivity contribution in [2.24, 2.45) is 5.73 Å². The molecule has 0 radical (unpaired) electrons. The van der Waals surface area contributed by atoms with Crippen LogP contribution in [0.2, 0.25) is 0 Å². The van der Waals surface area contributed by atoms with Crippen molar-refractivity contribution >= 4 is 11.8 Å². The fourth-order valence-corrected chi connectivity index (χ4v) is 2.47. The molecule has 0 saturated heterocycles. The van der Waals surface area contributed by atoms with Crippen molar-refractivity contribution in [2.75, 3.05) is 0 Å². The van der Waals surface area contributed by atoms with E-state index in [1.807, 2.05) is 0 Å². The first kappa shape index (κ1) is 13.0. The van der Waals surface area contributed by atoms with Crippen LogP contribution in [-0.2, 0) is 6.54 Å². The van der Waals surface area contributed by atoms with Gasteiger partial charge in [0.05, 0.1) is 4.90 Å². The van der Waals surface area contributed by atoms with E-state index in [-0.39, 0.29) is 6.54 Å². The van der Waals surface area contributed by atoms with Crippen LogP contribution in [-0.4, -0.2) is 0 Å². The highest BCUT2D eigenvalue weighted by molar-refractivity contribution is 7.99. The number of hydrogen-bond donors (Lipinski definition) is 1. The van der Waals surface area contributed by atoms with Gasteiger partial charge in [0.25, 0.3) is 0 Å². The Labute approximate surface area is 107 Å². The van der Waals surface area contributed by atoms with Crippen molar-refractivity contribution in [3.63, 3.8) is 0 Å². The lowest BCUT2D eigenvalue weighted by Crippen LogP contribution is -2.00. The van der Waals surface area contributed by atoms with E-state index in [9.17, 15) is 13.2 Å². The average molecular weight is 269 g/mol. The van der Waals surface area contributed by atoms with E-state index in [1.165, 1.54) is 12.1 Å². The largest absolute Gasteiger partial charge is 0.326 e. The zero-order valence-corrected chi connectivity index (χ0v) is 10.1. The number of rotatable bonds is 3. The average Bonchev–Trinajstić information content (AvgIpc) is 2.36. The summed E-state index contributed by atoms with van der Waals surface area (Å²) in [6, 6.07) is 8.02. The maximum atomic E-state index is 13.7. The topological polar surface area (TPSA) is 26.0 Å². The third kappa shape index (κ3) is 2.68. The van der Waals surface area contributed by atoms with Crippen molar-refractivity contribution < 1.29 is 13.2 Å². The summed E-state index contributed by atoms with van der Waals surface area (Å²) in [5.41, 5.74) is 6.14. The first-order valence-corrected chi connectivity index (χ1v) is 6.04. The maximum absolute atomic E-state index is 13.7. The predicted octanol–water partition coefficient (Wildman–Crippen LogP) is 3.71. The van der Waals surface area contributed by atoms with E-state index in [1.54, 1.807) is 12.1 Å². The Morgan fingerprint density at radius 1 is 0.944 bits per heavy atom. The van der Waals surface area contributed by atoms with Gasteiger partial charge in [0.2, 0.25) is 0 Å². The molecule has 0 amide bonds. The Morgan fingerprint density at radius 3 is 2.39 bits per heavy atom. The van der Waals surface area contributed by atoms with Crippen LogP contribution in [0.1, 0.15) is 5.56 Å². The minimum absolute atomic E-state index is 0.184. The van der Waals surface area contributed by atoms with Crippen molar-refractivity contribution in [3.8, 4) is 0 Å². The number of nitrogens with two attached hydrogens (primary N) is 1. The molecule has 0 aromatic heterocycles. The number of hydrogen-bond acceptors (Lipinski definition) is 2. The van der Waals surface area contributed by atoms with E-state index >= 15 is 0 Å². The quantitative estimate of drug-likeness (QED) is 0.919. The minimum Gasteiger partial charge on any atom is -0.326 e. The second-order valence-electron chi connectivity index (χ2n) is 3.61. The molecule has 2 N–H and O–H groups in total. The molecule has 0 aliphatic rings. The van der Waals surface area contributed by atoms with Crippen LogP contribution >= 0.6 is 11.8 Å². The molecule has 0 heterocycles. The fourth-order valence-electron chi connectivity index (χ4n) is 1.49. The normalized spacial score (nSPS) is 10.7. The molecule has 0 aliphatic carbocycles. The monoisotopic (exact) mass is 269 g/mol. The van der Waals surface area contributed by atoms with Gasteiger partial charge in [0.1, 0.15) is 5.82 Å². The number of halogens is 3. The summed E-state index contributed by atoms with van der Waals surface area (Å²) in [4.78, 5) is 0.764. The van der Waals surface area contributed by atoms with Gasteiger partial charge in [0.15, 0.2) is 11.6 Å². The maximum Gasteiger partial charge on any atom is 0.159 e. The summed E-state index contributed by atoms with van der Waals surface area (Å²) in [7, 11) is 0. The van der Waals surface area contributed by atoms with Crippen molar-refractivity contribution in [1.29, 1.82) is 0 Å². The van der Waals surface area contributed by atoms with Crippen LogP contribution in [0.4, 0.5) is 13.2 Å². The summed E-state index contributed by atoms with van der Waals surface area (Å²) in [5, 5.41) is 0. The van der Waals surface area contributed by atoms with Gasteiger partial charge in [-0.25, -0.2) is 13.2 Å². The van der Waals surface area contributed by atoms with E-state index in [0.29, 0.717) is 15.4 Å². The summed E-state index contributed by atoms with van der Waals surface area (Å²) >= 11 is 1.03. The molecule has 1 nitrogen and oxygen atoms in total. The van der Waals surface area contributed by atoms with Gasteiger partial charge in [-0.3, -0.25) is 0 Å². The Morgan fingerprint density at radius 2 is 1.72 bits per heavy atom. The SMILES string of the molecule is NCc1cccc(F)c1Sc1ccc(F)c(F)c1. The Bertz CT molecular complexity index is 572. The van der Waals surface area contributed by atoms with Crippen molar-refractivity contribution in [1.82, 2.24) is 0 Å². The minimum atomic E-state index is -0.953. The van der Waals surface area contributed by atoms with Crippen LogP contribution in [0.15, 0.2) is 46.2 Å². The van der Waals surface area contributed by atoms with Gasteiger partial charge in [-0.1, -0.05) is 23.9 Å². The molecule has 0 unspecified atom stereocenters. The Balaban J connectivity index is 2.36. The second kappa shape index (κ2) is 5.46. The molecular weight excluding hydrogens is 259 g/mol. The molecule has 0 aliphatic heterocycles. The van der Waals surface area contributed by atoms with E-state index in [0.717, 1.165) is 23.9 Å². The molecule has 2 rings (SSSR count). The summed E-state index contributed by atoms with van der Waals surface area (Å²) in [6.07, 6.45) is 0. The lowest BCUT2D eigenvalue weighted by molar-refractivity contribution is 0.506. The first-order valence-electron chi connectivity index (χ1n) is 5.22. The van der Waals surface area contributed by atoms with Crippen LogP contribution in [0, 0.1) is 17.5 Å². The Hall–Kier alpha value is -1.46. The smallest absolute Gasteiger partial charge is 0.159 e. The van der Waals surface area contributed by atoms with Crippen LogP contribution < -0.4 is 5.73 Å². The lowest BCUT2D eigenvalue weighted by Gasteiger charge is -2.08. The number of benzene rings is 2. The zero-order valence-electron chi connectivity index (χ0n) is 9.29. The summed E-state index contributed by atoms with van der Waals surface area (Å²) in [6.45, 7) is 0.184. The highest BCUT2D eigenvalue weighted by Crippen LogP contribution is 2.33. The van der Waals surface area contributed by atoms with Gasteiger partial charge < -0.3 is 5.73 Å². The second-order valence-corrected chi connectivity index (χ2v) is 4.69. The third-order valence-corrected chi connectivity index (χ3v) is 3.53. The van der Waals surface area contributed by atoms with E-state index in [4.69, 9.17) is 5.73 Å². The molecule has 0 atom stereocenters. The fraction of sp³-hybridized carbons (Fsp3) is 0.0769. The first-order chi connectivity index (χ1) is 8.61. The molecule has 5 heteroatoms. The molecule has 0 fully saturated rings. The molecule has 18 heavy (non-hydrogen) atoms. The van der Waals surface area contributed by atoms with Gasteiger partial charge in [0, 0.05) is 11.4 Å². The highest BCUT2D eigenvalue weighted by atomic mass is 32.2. The molecule has 0 saturated carbocycles. The molecule has 0 spiro atoms. The van der Waals surface area contributed by atoms with Crippen molar-refractivity contribution in [2.45, 2.75) is 16.3 Å². The zero-order chi connectivity index (χ0) is 13.1. The van der Waals surface area contributed by atoms with Gasteiger partial charge >= 0.3 is 0 Å².